The summed E-state index contributed by atoms with van der Waals surface area (Å²) in [6, 6.07) is -0.680. The standard InChI is InChI=1S/C12H20N4O3/c1-5-9-14-10(16-15-9)11(17)13-8(6-7(2)3)12(18)19-4/h7-8H,5-6H2,1-4H3,(H,13,17)(H,14,15,16). The highest BCUT2D eigenvalue weighted by Gasteiger charge is 2.24. The number of rotatable bonds is 6. The molecule has 0 spiro atoms. The van der Waals surface area contributed by atoms with Gasteiger partial charge in [-0.25, -0.2) is 9.78 Å². The van der Waals surface area contributed by atoms with Crippen LogP contribution in [0, 0.1) is 5.92 Å². The first kappa shape index (κ1) is 15.1. The number of nitrogens with one attached hydrogen (secondary N) is 2. The van der Waals surface area contributed by atoms with Crippen LogP contribution in [0.25, 0.3) is 0 Å². The summed E-state index contributed by atoms with van der Waals surface area (Å²) >= 11 is 0. The Balaban J connectivity index is 2.72. The van der Waals surface area contributed by atoms with E-state index < -0.39 is 17.9 Å². The molecule has 0 aliphatic carbocycles. The van der Waals surface area contributed by atoms with Gasteiger partial charge in [-0.15, -0.1) is 5.10 Å². The third kappa shape index (κ3) is 4.35. The maximum Gasteiger partial charge on any atom is 0.328 e. The van der Waals surface area contributed by atoms with E-state index in [0.29, 0.717) is 18.7 Å². The molecular formula is C12H20N4O3. The summed E-state index contributed by atoms with van der Waals surface area (Å²) in [6.07, 6.45) is 1.16. The zero-order valence-corrected chi connectivity index (χ0v) is 11.7. The first-order chi connectivity index (χ1) is 8.97. The van der Waals surface area contributed by atoms with E-state index in [9.17, 15) is 9.59 Å². The molecule has 1 heterocycles. The number of esters is 1. The van der Waals surface area contributed by atoms with Crippen molar-refractivity contribution in [2.45, 2.75) is 39.7 Å². The Morgan fingerprint density at radius 1 is 1.42 bits per heavy atom. The van der Waals surface area contributed by atoms with Gasteiger partial charge in [0.05, 0.1) is 7.11 Å². The van der Waals surface area contributed by atoms with Crippen molar-refractivity contribution < 1.29 is 14.3 Å². The van der Waals surface area contributed by atoms with Crippen molar-refractivity contribution in [3.05, 3.63) is 11.6 Å². The molecule has 1 aromatic rings. The van der Waals surface area contributed by atoms with Crippen LogP contribution in [0.3, 0.4) is 0 Å². The molecule has 0 saturated carbocycles. The molecule has 106 valence electrons. The smallest absolute Gasteiger partial charge is 0.328 e. The molecule has 1 unspecified atom stereocenters. The molecule has 2 N–H and O–H groups in total. The third-order valence-corrected chi connectivity index (χ3v) is 2.57. The number of aryl methyl sites for hydroxylation is 1. The first-order valence-electron chi connectivity index (χ1n) is 6.27. The molecule has 1 atom stereocenters. The summed E-state index contributed by atoms with van der Waals surface area (Å²) in [5, 5.41) is 9.05. The maximum atomic E-state index is 11.9. The lowest BCUT2D eigenvalue weighted by molar-refractivity contribution is -0.143. The molecule has 19 heavy (non-hydrogen) atoms. The highest BCUT2D eigenvalue weighted by Crippen LogP contribution is 2.07. The number of H-pyrrole nitrogens is 1. The molecule has 0 aromatic carbocycles. The van der Waals surface area contributed by atoms with Crippen molar-refractivity contribution in [1.29, 1.82) is 0 Å². The van der Waals surface area contributed by atoms with Gasteiger partial charge in [0.25, 0.3) is 5.91 Å². The molecule has 0 aliphatic rings. The number of aromatic amines is 1. The second-order valence-corrected chi connectivity index (χ2v) is 4.64. The van der Waals surface area contributed by atoms with Gasteiger partial charge in [0.15, 0.2) is 0 Å². The van der Waals surface area contributed by atoms with Crippen LogP contribution in [0.1, 0.15) is 43.6 Å². The fourth-order valence-corrected chi connectivity index (χ4v) is 1.61. The molecule has 0 aliphatic heterocycles. The van der Waals surface area contributed by atoms with E-state index in [2.05, 4.69) is 25.2 Å². The number of nitrogens with zero attached hydrogens (tertiary/aromatic N) is 2. The van der Waals surface area contributed by atoms with E-state index in [1.54, 1.807) is 0 Å². The van der Waals surface area contributed by atoms with Crippen LogP contribution >= 0.6 is 0 Å². The van der Waals surface area contributed by atoms with Gasteiger partial charge in [-0.1, -0.05) is 20.8 Å². The quantitative estimate of drug-likeness (QED) is 0.740. The lowest BCUT2D eigenvalue weighted by Gasteiger charge is -2.17. The topological polar surface area (TPSA) is 97.0 Å². The molecule has 0 bridgehead atoms. The zero-order chi connectivity index (χ0) is 14.4. The van der Waals surface area contributed by atoms with Crippen molar-refractivity contribution in [1.82, 2.24) is 20.5 Å². The van der Waals surface area contributed by atoms with Gasteiger partial charge in [-0.05, 0) is 12.3 Å². The minimum absolute atomic E-state index is 0.0366. The van der Waals surface area contributed by atoms with Crippen LogP contribution in [0.5, 0.6) is 0 Å². The molecule has 7 heteroatoms. The van der Waals surface area contributed by atoms with Crippen LogP contribution in [-0.4, -0.2) is 40.2 Å². The Morgan fingerprint density at radius 2 is 2.11 bits per heavy atom. The van der Waals surface area contributed by atoms with Gasteiger partial charge >= 0.3 is 5.97 Å². The molecule has 0 saturated heterocycles. The molecule has 1 rings (SSSR count). The molecular weight excluding hydrogens is 248 g/mol. The molecule has 0 radical (unpaired) electrons. The fourth-order valence-electron chi connectivity index (χ4n) is 1.61. The van der Waals surface area contributed by atoms with E-state index in [-0.39, 0.29) is 11.7 Å². The van der Waals surface area contributed by atoms with Crippen molar-refractivity contribution >= 4 is 11.9 Å². The number of hydrogen-bond donors (Lipinski definition) is 2. The van der Waals surface area contributed by atoms with Gasteiger partial charge < -0.3 is 10.1 Å². The Morgan fingerprint density at radius 3 is 2.58 bits per heavy atom. The Hall–Kier alpha value is -1.92. The van der Waals surface area contributed by atoms with Crippen LogP contribution in [0.2, 0.25) is 0 Å². The van der Waals surface area contributed by atoms with E-state index in [1.165, 1.54) is 7.11 Å². The molecule has 0 fully saturated rings. The average Bonchev–Trinajstić information content (AvgIpc) is 2.85. The number of carbonyl (C=O) groups is 2. The number of aromatic nitrogens is 3. The molecule has 7 nitrogen and oxygen atoms in total. The van der Waals surface area contributed by atoms with Gasteiger partial charge in [0.2, 0.25) is 5.82 Å². The zero-order valence-electron chi connectivity index (χ0n) is 11.7. The van der Waals surface area contributed by atoms with Crippen LogP contribution in [0.15, 0.2) is 0 Å². The number of methoxy groups -OCH3 is 1. The lowest BCUT2D eigenvalue weighted by Crippen LogP contribution is -2.42. The van der Waals surface area contributed by atoms with Gasteiger partial charge in [-0.2, -0.15) is 0 Å². The maximum absolute atomic E-state index is 11.9. The van der Waals surface area contributed by atoms with Crippen molar-refractivity contribution in [2.75, 3.05) is 7.11 Å². The SMILES string of the molecule is CCc1nc(C(=O)NC(CC(C)C)C(=O)OC)n[nH]1. The number of amides is 1. The second kappa shape index (κ2) is 6.86. The summed E-state index contributed by atoms with van der Waals surface area (Å²) < 4.78 is 4.67. The summed E-state index contributed by atoms with van der Waals surface area (Å²) in [4.78, 5) is 27.5. The highest BCUT2D eigenvalue weighted by molar-refractivity contribution is 5.93. The minimum atomic E-state index is -0.680. The number of ether oxygens (including phenoxy) is 1. The van der Waals surface area contributed by atoms with E-state index in [4.69, 9.17) is 0 Å². The first-order valence-corrected chi connectivity index (χ1v) is 6.27. The van der Waals surface area contributed by atoms with Crippen LogP contribution in [-0.2, 0) is 16.0 Å². The summed E-state index contributed by atoms with van der Waals surface area (Å²) in [5.41, 5.74) is 0. The largest absolute Gasteiger partial charge is 0.467 e. The van der Waals surface area contributed by atoms with Crippen LogP contribution < -0.4 is 5.32 Å². The van der Waals surface area contributed by atoms with Crippen molar-refractivity contribution in [3.8, 4) is 0 Å². The Bertz CT molecular complexity index is 442. The van der Waals surface area contributed by atoms with Crippen molar-refractivity contribution in [3.63, 3.8) is 0 Å². The Kier molecular flexibility index (Phi) is 5.47. The average molecular weight is 268 g/mol. The van der Waals surface area contributed by atoms with E-state index in [1.807, 2.05) is 20.8 Å². The van der Waals surface area contributed by atoms with Crippen molar-refractivity contribution in [2.24, 2.45) is 5.92 Å². The summed E-state index contributed by atoms with van der Waals surface area (Å²) in [5.74, 6) is -0.0267. The predicted molar refractivity (Wildman–Crippen MR) is 68.5 cm³/mol. The van der Waals surface area contributed by atoms with Gasteiger partial charge in [-0.3, -0.25) is 9.89 Å². The number of hydrogen-bond acceptors (Lipinski definition) is 5. The van der Waals surface area contributed by atoms with E-state index >= 15 is 0 Å². The second-order valence-electron chi connectivity index (χ2n) is 4.64. The highest BCUT2D eigenvalue weighted by atomic mass is 16.5. The number of carbonyl (C=O) groups excluding carboxylic acids is 2. The Labute approximate surface area is 112 Å². The monoisotopic (exact) mass is 268 g/mol. The summed E-state index contributed by atoms with van der Waals surface area (Å²) in [7, 11) is 1.30. The van der Waals surface area contributed by atoms with Gasteiger partial charge in [0, 0.05) is 6.42 Å². The molecule has 1 amide bonds. The van der Waals surface area contributed by atoms with E-state index in [0.717, 1.165) is 0 Å². The van der Waals surface area contributed by atoms with Crippen LogP contribution in [0.4, 0.5) is 0 Å². The minimum Gasteiger partial charge on any atom is -0.467 e. The lowest BCUT2D eigenvalue weighted by atomic mass is 10.0. The van der Waals surface area contributed by atoms with Gasteiger partial charge in [0.1, 0.15) is 11.9 Å². The normalized spacial score (nSPS) is 12.3. The summed E-state index contributed by atoms with van der Waals surface area (Å²) in [6.45, 7) is 5.83. The fraction of sp³-hybridized carbons (Fsp3) is 0.667. The molecule has 1 aromatic heterocycles. The third-order valence-electron chi connectivity index (χ3n) is 2.57. The predicted octanol–water partition coefficient (Wildman–Crippen LogP) is 0.685.